The Morgan fingerprint density at radius 1 is 1.43 bits per heavy atom. The number of aromatic amines is 1. The standard InChI is InChI=1S/C7H7F3N2O2/c8-7(9,10)14-5-3-12-2-4(1-11)6(5)13/h2-3H,1,11H2,(H,12,13). The molecule has 0 unspecified atom stereocenters. The van der Waals surface area contributed by atoms with Crippen molar-refractivity contribution in [3.8, 4) is 5.75 Å². The second kappa shape index (κ2) is 3.70. The maximum atomic E-state index is 11.8. The summed E-state index contributed by atoms with van der Waals surface area (Å²) in [7, 11) is 0. The third kappa shape index (κ3) is 2.49. The molecule has 78 valence electrons. The van der Waals surface area contributed by atoms with Gasteiger partial charge in [0.15, 0.2) is 5.75 Å². The van der Waals surface area contributed by atoms with Crippen LogP contribution in [0.2, 0.25) is 0 Å². The van der Waals surface area contributed by atoms with Gasteiger partial charge in [-0.1, -0.05) is 0 Å². The molecule has 0 aliphatic carbocycles. The molecular formula is C7H7F3N2O2. The fourth-order valence-electron chi connectivity index (χ4n) is 0.859. The Kier molecular flexibility index (Phi) is 2.80. The molecule has 1 heterocycles. The van der Waals surface area contributed by atoms with Crippen LogP contribution < -0.4 is 15.9 Å². The van der Waals surface area contributed by atoms with Gasteiger partial charge in [-0.25, -0.2) is 0 Å². The van der Waals surface area contributed by atoms with Crippen LogP contribution in [0.3, 0.4) is 0 Å². The van der Waals surface area contributed by atoms with Gasteiger partial charge in [0, 0.05) is 24.5 Å². The Morgan fingerprint density at radius 3 is 2.57 bits per heavy atom. The van der Waals surface area contributed by atoms with E-state index in [1.165, 1.54) is 6.20 Å². The molecule has 0 fully saturated rings. The highest BCUT2D eigenvalue weighted by Gasteiger charge is 2.32. The van der Waals surface area contributed by atoms with Crippen LogP contribution in [0.5, 0.6) is 5.75 Å². The molecule has 1 aromatic heterocycles. The molecule has 0 aliphatic heterocycles. The Balaban J connectivity index is 3.05. The number of aromatic nitrogens is 1. The lowest BCUT2D eigenvalue weighted by molar-refractivity contribution is -0.275. The number of halogens is 3. The molecule has 0 amide bonds. The second-order valence-electron chi connectivity index (χ2n) is 2.43. The van der Waals surface area contributed by atoms with E-state index in [1.54, 1.807) is 0 Å². The van der Waals surface area contributed by atoms with E-state index in [9.17, 15) is 18.0 Å². The molecule has 7 heteroatoms. The molecule has 14 heavy (non-hydrogen) atoms. The second-order valence-corrected chi connectivity index (χ2v) is 2.43. The zero-order chi connectivity index (χ0) is 10.8. The summed E-state index contributed by atoms with van der Waals surface area (Å²) in [6, 6.07) is 0. The molecule has 4 nitrogen and oxygen atoms in total. The number of pyridine rings is 1. The predicted molar refractivity (Wildman–Crippen MR) is 41.6 cm³/mol. The summed E-state index contributed by atoms with van der Waals surface area (Å²) in [5, 5.41) is 0. The largest absolute Gasteiger partial charge is 0.573 e. The lowest BCUT2D eigenvalue weighted by Gasteiger charge is -2.08. The van der Waals surface area contributed by atoms with Gasteiger partial charge in [-0.15, -0.1) is 13.2 Å². The SMILES string of the molecule is NCc1c[nH]cc(OC(F)(F)F)c1=O. The van der Waals surface area contributed by atoms with Crippen molar-refractivity contribution in [3.05, 3.63) is 28.2 Å². The average molecular weight is 208 g/mol. The van der Waals surface area contributed by atoms with Crippen LogP contribution in [0.15, 0.2) is 17.2 Å². The summed E-state index contributed by atoms with van der Waals surface area (Å²) in [6.45, 7) is -0.148. The number of alkyl halides is 3. The van der Waals surface area contributed by atoms with Gasteiger partial charge in [0.25, 0.3) is 0 Å². The number of nitrogens with one attached hydrogen (secondary N) is 1. The summed E-state index contributed by atoms with van der Waals surface area (Å²) < 4.78 is 38.7. The van der Waals surface area contributed by atoms with Crippen LogP contribution in [-0.4, -0.2) is 11.3 Å². The van der Waals surface area contributed by atoms with E-state index in [-0.39, 0.29) is 12.1 Å². The molecule has 1 aromatic rings. The summed E-state index contributed by atoms with van der Waals surface area (Å²) in [6.07, 6.45) is -2.82. The van der Waals surface area contributed by atoms with E-state index in [0.29, 0.717) is 0 Å². The lowest BCUT2D eigenvalue weighted by atomic mass is 10.3. The highest BCUT2D eigenvalue weighted by Crippen LogP contribution is 2.18. The van der Waals surface area contributed by atoms with Gasteiger partial charge in [0.1, 0.15) is 0 Å². The van der Waals surface area contributed by atoms with Crippen molar-refractivity contribution in [2.24, 2.45) is 5.73 Å². The summed E-state index contributed by atoms with van der Waals surface area (Å²) in [4.78, 5) is 13.5. The van der Waals surface area contributed by atoms with Crippen LogP contribution in [0.4, 0.5) is 13.2 Å². The zero-order valence-corrected chi connectivity index (χ0v) is 6.89. The molecule has 3 N–H and O–H groups in total. The van der Waals surface area contributed by atoms with Gasteiger partial charge >= 0.3 is 6.36 Å². The predicted octanol–water partition coefficient (Wildman–Crippen LogP) is 0.732. The molecular weight excluding hydrogens is 201 g/mol. The first kappa shape index (κ1) is 10.6. The van der Waals surface area contributed by atoms with E-state index in [2.05, 4.69) is 9.72 Å². The smallest absolute Gasteiger partial charge is 0.400 e. The summed E-state index contributed by atoms with van der Waals surface area (Å²) >= 11 is 0. The lowest BCUT2D eigenvalue weighted by Crippen LogP contribution is -2.24. The monoisotopic (exact) mass is 208 g/mol. The highest BCUT2D eigenvalue weighted by molar-refractivity contribution is 5.23. The summed E-state index contributed by atoms with van der Waals surface area (Å²) in [5.74, 6) is -0.805. The van der Waals surface area contributed by atoms with Gasteiger partial charge in [-0.05, 0) is 0 Å². The maximum absolute atomic E-state index is 11.8. The molecule has 0 aromatic carbocycles. The van der Waals surface area contributed by atoms with Crippen LogP contribution in [-0.2, 0) is 6.54 Å². The van der Waals surface area contributed by atoms with Gasteiger partial charge in [0.2, 0.25) is 5.43 Å². The van der Waals surface area contributed by atoms with Crippen LogP contribution in [0.25, 0.3) is 0 Å². The van der Waals surface area contributed by atoms with Gasteiger partial charge in [-0.2, -0.15) is 0 Å². The molecule has 0 saturated heterocycles. The normalized spacial score (nSPS) is 11.4. The summed E-state index contributed by atoms with van der Waals surface area (Å²) in [5.41, 5.74) is 4.30. The molecule has 1 rings (SSSR count). The fourth-order valence-corrected chi connectivity index (χ4v) is 0.859. The zero-order valence-electron chi connectivity index (χ0n) is 6.89. The Morgan fingerprint density at radius 2 is 2.07 bits per heavy atom. The Hall–Kier alpha value is -1.50. The number of ether oxygens (including phenoxy) is 1. The van der Waals surface area contributed by atoms with E-state index in [4.69, 9.17) is 5.73 Å². The first-order valence-electron chi connectivity index (χ1n) is 3.60. The van der Waals surface area contributed by atoms with E-state index in [1.807, 2.05) is 0 Å². The van der Waals surface area contributed by atoms with Gasteiger partial charge < -0.3 is 15.5 Å². The van der Waals surface area contributed by atoms with Crippen molar-refractivity contribution in [2.75, 3.05) is 0 Å². The van der Waals surface area contributed by atoms with E-state index >= 15 is 0 Å². The molecule has 0 aliphatic rings. The molecule has 0 bridgehead atoms. The number of rotatable bonds is 2. The quantitative estimate of drug-likeness (QED) is 0.752. The van der Waals surface area contributed by atoms with Gasteiger partial charge in [-0.3, -0.25) is 4.79 Å². The third-order valence-corrected chi connectivity index (χ3v) is 1.43. The minimum absolute atomic E-state index is 0.0340. The Labute approximate surface area is 76.5 Å². The van der Waals surface area contributed by atoms with E-state index < -0.39 is 17.5 Å². The van der Waals surface area contributed by atoms with Crippen LogP contribution in [0.1, 0.15) is 5.56 Å². The van der Waals surface area contributed by atoms with Crippen molar-refractivity contribution >= 4 is 0 Å². The number of H-pyrrole nitrogens is 1. The van der Waals surface area contributed by atoms with Crippen molar-refractivity contribution < 1.29 is 17.9 Å². The minimum Gasteiger partial charge on any atom is -0.400 e. The number of nitrogens with two attached hydrogens (primary N) is 1. The van der Waals surface area contributed by atoms with Crippen molar-refractivity contribution in [1.82, 2.24) is 4.98 Å². The number of hydrogen-bond acceptors (Lipinski definition) is 3. The van der Waals surface area contributed by atoms with Crippen molar-refractivity contribution in [2.45, 2.75) is 12.9 Å². The third-order valence-electron chi connectivity index (χ3n) is 1.43. The average Bonchev–Trinajstić information content (AvgIpc) is 2.06. The van der Waals surface area contributed by atoms with E-state index in [0.717, 1.165) is 6.20 Å². The first-order valence-corrected chi connectivity index (χ1v) is 3.60. The van der Waals surface area contributed by atoms with Crippen LogP contribution >= 0.6 is 0 Å². The minimum atomic E-state index is -4.87. The Bertz CT molecular complexity index is 372. The highest BCUT2D eigenvalue weighted by atomic mass is 19.4. The first-order chi connectivity index (χ1) is 6.44. The maximum Gasteiger partial charge on any atom is 0.573 e. The molecule has 0 saturated carbocycles. The fraction of sp³-hybridized carbons (Fsp3) is 0.286. The molecule has 0 radical (unpaired) electrons. The van der Waals surface area contributed by atoms with Crippen molar-refractivity contribution in [3.63, 3.8) is 0 Å². The molecule has 0 spiro atoms. The number of hydrogen-bond donors (Lipinski definition) is 2. The van der Waals surface area contributed by atoms with Crippen molar-refractivity contribution in [1.29, 1.82) is 0 Å². The van der Waals surface area contributed by atoms with Gasteiger partial charge in [0.05, 0.1) is 0 Å². The molecule has 0 atom stereocenters. The van der Waals surface area contributed by atoms with Crippen LogP contribution in [0, 0.1) is 0 Å². The topological polar surface area (TPSA) is 68.1 Å².